The van der Waals surface area contributed by atoms with Gasteiger partial charge in [0.25, 0.3) is 0 Å². The zero-order valence-electron chi connectivity index (χ0n) is 12.4. The molecule has 20 heavy (non-hydrogen) atoms. The Morgan fingerprint density at radius 2 is 1.90 bits per heavy atom. The van der Waals surface area contributed by atoms with Crippen LogP contribution in [-0.2, 0) is 0 Å². The van der Waals surface area contributed by atoms with Crippen molar-refractivity contribution >= 4 is 17.6 Å². The van der Waals surface area contributed by atoms with Crippen molar-refractivity contribution in [3.05, 3.63) is 34.9 Å². The molecular formula is C16H23ClN2O. The molecule has 4 heteroatoms. The van der Waals surface area contributed by atoms with Crippen LogP contribution in [0.4, 0.5) is 4.79 Å². The van der Waals surface area contributed by atoms with E-state index >= 15 is 0 Å². The Morgan fingerprint density at radius 1 is 1.30 bits per heavy atom. The summed E-state index contributed by atoms with van der Waals surface area (Å²) in [5, 5.41) is 6.76. The van der Waals surface area contributed by atoms with E-state index in [9.17, 15) is 4.79 Å². The summed E-state index contributed by atoms with van der Waals surface area (Å²) in [6.45, 7) is 6.97. The summed E-state index contributed by atoms with van der Waals surface area (Å²) in [6.07, 6.45) is 2.35. The average molecular weight is 295 g/mol. The van der Waals surface area contributed by atoms with Crippen molar-refractivity contribution in [2.75, 3.05) is 6.54 Å². The Balaban J connectivity index is 1.96. The van der Waals surface area contributed by atoms with Gasteiger partial charge in [0.1, 0.15) is 0 Å². The molecule has 2 rings (SSSR count). The molecule has 1 saturated carbocycles. The van der Waals surface area contributed by atoms with Gasteiger partial charge in [-0.25, -0.2) is 4.79 Å². The molecule has 1 aliphatic rings. The van der Waals surface area contributed by atoms with E-state index in [0.717, 1.165) is 10.6 Å². The molecule has 1 aliphatic carbocycles. The van der Waals surface area contributed by atoms with Crippen LogP contribution < -0.4 is 10.6 Å². The van der Waals surface area contributed by atoms with Gasteiger partial charge in [-0.3, -0.25) is 0 Å². The van der Waals surface area contributed by atoms with Crippen LogP contribution >= 0.6 is 11.6 Å². The fourth-order valence-electron chi connectivity index (χ4n) is 2.11. The van der Waals surface area contributed by atoms with Crippen molar-refractivity contribution in [3.8, 4) is 0 Å². The monoisotopic (exact) mass is 294 g/mol. The number of urea groups is 1. The maximum absolute atomic E-state index is 12.0. The van der Waals surface area contributed by atoms with Crippen LogP contribution in [0.1, 0.15) is 45.2 Å². The molecule has 110 valence electrons. The zero-order chi connectivity index (χ0) is 14.8. The Hall–Kier alpha value is -1.22. The van der Waals surface area contributed by atoms with Gasteiger partial charge in [-0.2, -0.15) is 0 Å². The normalized spacial score (nSPS) is 16.6. The number of amides is 2. The van der Waals surface area contributed by atoms with Crippen LogP contribution in [0.15, 0.2) is 24.3 Å². The molecule has 0 saturated heterocycles. The van der Waals surface area contributed by atoms with E-state index in [2.05, 4.69) is 31.4 Å². The van der Waals surface area contributed by atoms with Crippen molar-refractivity contribution in [1.29, 1.82) is 0 Å². The minimum atomic E-state index is -0.0909. The fraction of sp³-hybridized carbons (Fsp3) is 0.562. The third-order valence-electron chi connectivity index (χ3n) is 3.39. The number of carbonyl (C=O) groups excluding carboxylic acids is 1. The molecule has 1 atom stereocenters. The van der Waals surface area contributed by atoms with Gasteiger partial charge in [0.05, 0.1) is 6.04 Å². The van der Waals surface area contributed by atoms with Gasteiger partial charge >= 0.3 is 6.03 Å². The van der Waals surface area contributed by atoms with E-state index in [0.29, 0.717) is 12.5 Å². The van der Waals surface area contributed by atoms with Crippen molar-refractivity contribution in [2.45, 2.75) is 39.7 Å². The first-order valence-electron chi connectivity index (χ1n) is 7.15. The Bertz CT molecular complexity index is 460. The Labute approximate surface area is 126 Å². The number of hydrogen-bond acceptors (Lipinski definition) is 1. The van der Waals surface area contributed by atoms with Gasteiger partial charge in [0.2, 0.25) is 0 Å². The SMILES string of the molecule is CC(C)(C)CNC(=O)NC(c1ccc(Cl)cc1)C1CC1. The summed E-state index contributed by atoms with van der Waals surface area (Å²) in [5.74, 6) is 0.552. The van der Waals surface area contributed by atoms with Crippen LogP contribution in [0.5, 0.6) is 0 Å². The van der Waals surface area contributed by atoms with Crippen LogP contribution in [-0.4, -0.2) is 12.6 Å². The van der Waals surface area contributed by atoms with Gasteiger partial charge in [-0.1, -0.05) is 44.5 Å². The number of nitrogens with one attached hydrogen (secondary N) is 2. The largest absolute Gasteiger partial charge is 0.338 e. The smallest absolute Gasteiger partial charge is 0.315 e. The molecule has 0 aromatic heterocycles. The van der Waals surface area contributed by atoms with Crippen LogP contribution in [0.3, 0.4) is 0 Å². The lowest BCUT2D eigenvalue weighted by Gasteiger charge is -2.22. The first kappa shape index (κ1) is 15.2. The third-order valence-corrected chi connectivity index (χ3v) is 3.64. The van der Waals surface area contributed by atoms with Crippen LogP contribution in [0.2, 0.25) is 5.02 Å². The number of carbonyl (C=O) groups is 1. The molecule has 2 amide bonds. The molecule has 3 nitrogen and oxygen atoms in total. The topological polar surface area (TPSA) is 41.1 Å². The highest BCUT2D eigenvalue weighted by atomic mass is 35.5. The van der Waals surface area contributed by atoms with Crippen molar-refractivity contribution in [2.24, 2.45) is 11.3 Å². The summed E-state index contributed by atoms with van der Waals surface area (Å²) in [7, 11) is 0. The molecule has 0 aliphatic heterocycles. The first-order valence-corrected chi connectivity index (χ1v) is 7.53. The second-order valence-electron chi connectivity index (χ2n) is 6.75. The Morgan fingerprint density at radius 3 is 2.40 bits per heavy atom. The van der Waals surface area contributed by atoms with E-state index in [1.54, 1.807) is 0 Å². The summed E-state index contributed by atoms with van der Waals surface area (Å²) in [4.78, 5) is 12.0. The standard InChI is InChI=1S/C16H23ClN2O/c1-16(2,3)10-18-15(20)19-14(11-4-5-11)12-6-8-13(17)9-7-12/h6-9,11,14H,4-5,10H2,1-3H3,(H2,18,19,20). The van der Waals surface area contributed by atoms with E-state index in [1.807, 2.05) is 24.3 Å². The quantitative estimate of drug-likeness (QED) is 0.861. The van der Waals surface area contributed by atoms with E-state index in [-0.39, 0.29) is 17.5 Å². The molecule has 0 spiro atoms. The molecule has 0 radical (unpaired) electrons. The molecule has 1 aromatic rings. The summed E-state index contributed by atoms with van der Waals surface area (Å²) < 4.78 is 0. The van der Waals surface area contributed by atoms with Crippen molar-refractivity contribution in [1.82, 2.24) is 10.6 Å². The van der Waals surface area contributed by atoms with Gasteiger partial charge in [0.15, 0.2) is 0 Å². The lowest BCUT2D eigenvalue weighted by Crippen LogP contribution is -2.42. The third kappa shape index (κ3) is 4.71. The minimum absolute atomic E-state index is 0.0900. The number of hydrogen-bond donors (Lipinski definition) is 2. The number of benzene rings is 1. The molecular weight excluding hydrogens is 272 g/mol. The van der Waals surface area contributed by atoms with Crippen molar-refractivity contribution < 1.29 is 4.79 Å². The predicted octanol–water partition coefficient (Wildman–Crippen LogP) is 4.14. The number of halogens is 1. The van der Waals surface area contributed by atoms with E-state index in [4.69, 9.17) is 11.6 Å². The molecule has 1 aromatic carbocycles. The number of rotatable bonds is 4. The highest BCUT2D eigenvalue weighted by Gasteiger charge is 2.33. The average Bonchev–Trinajstić information content (AvgIpc) is 3.18. The maximum atomic E-state index is 12.0. The Kier molecular flexibility index (Phi) is 4.59. The van der Waals surface area contributed by atoms with Gasteiger partial charge in [-0.15, -0.1) is 0 Å². The maximum Gasteiger partial charge on any atom is 0.315 e. The zero-order valence-corrected chi connectivity index (χ0v) is 13.1. The molecule has 1 unspecified atom stereocenters. The second kappa shape index (κ2) is 6.04. The summed E-state index contributed by atoms with van der Waals surface area (Å²) in [5.41, 5.74) is 1.22. The van der Waals surface area contributed by atoms with Gasteiger partial charge in [0, 0.05) is 11.6 Å². The van der Waals surface area contributed by atoms with E-state index < -0.39 is 0 Å². The predicted molar refractivity (Wildman–Crippen MR) is 82.9 cm³/mol. The van der Waals surface area contributed by atoms with Crippen LogP contribution in [0.25, 0.3) is 0 Å². The fourth-order valence-corrected chi connectivity index (χ4v) is 2.24. The lowest BCUT2D eigenvalue weighted by atomic mass is 9.97. The molecule has 1 fully saturated rings. The van der Waals surface area contributed by atoms with Gasteiger partial charge < -0.3 is 10.6 Å². The first-order chi connectivity index (χ1) is 9.35. The van der Waals surface area contributed by atoms with Crippen molar-refractivity contribution in [3.63, 3.8) is 0 Å². The highest BCUT2D eigenvalue weighted by molar-refractivity contribution is 6.30. The van der Waals surface area contributed by atoms with E-state index in [1.165, 1.54) is 12.8 Å². The summed E-state index contributed by atoms with van der Waals surface area (Å²) >= 11 is 5.92. The summed E-state index contributed by atoms with van der Waals surface area (Å²) in [6, 6.07) is 7.74. The molecule has 2 N–H and O–H groups in total. The van der Waals surface area contributed by atoms with Crippen LogP contribution in [0, 0.1) is 11.3 Å². The molecule has 0 bridgehead atoms. The minimum Gasteiger partial charge on any atom is -0.338 e. The lowest BCUT2D eigenvalue weighted by molar-refractivity contribution is 0.230. The molecule has 0 heterocycles. The highest BCUT2D eigenvalue weighted by Crippen LogP contribution is 2.41. The van der Waals surface area contributed by atoms with Gasteiger partial charge in [-0.05, 0) is 41.9 Å². The second-order valence-corrected chi connectivity index (χ2v) is 7.19.